The predicted molar refractivity (Wildman–Crippen MR) is 233 cm³/mol. The van der Waals surface area contributed by atoms with Crippen molar-refractivity contribution in [2.45, 2.75) is 25.8 Å². The van der Waals surface area contributed by atoms with Crippen molar-refractivity contribution in [3.8, 4) is 44.9 Å². The van der Waals surface area contributed by atoms with E-state index in [2.05, 4.69) is 219 Å². The molecule has 0 N–H and O–H groups in total. The van der Waals surface area contributed by atoms with Gasteiger partial charge in [0.05, 0.1) is 0 Å². The normalized spacial score (nSPS) is 15.9. The van der Waals surface area contributed by atoms with E-state index in [-0.39, 0.29) is 5.41 Å². The first kappa shape index (κ1) is 33.2. The van der Waals surface area contributed by atoms with Gasteiger partial charge in [-0.05, 0) is 97.0 Å². The maximum absolute atomic E-state index is 7.02. The molecule has 0 saturated carbocycles. The molecule has 0 radical (unpaired) electrons. The number of hydrogen-bond donors (Lipinski definition) is 0. The van der Waals surface area contributed by atoms with E-state index >= 15 is 0 Å². The first-order chi connectivity index (χ1) is 26.9. The van der Waals surface area contributed by atoms with Gasteiger partial charge in [0.25, 0.3) is 0 Å². The van der Waals surface area contributed by atoms with Gasteiger partial charge in [-0.1, -0.05) is 172 Å². The number of para-hydroxylation sites is 1. The number of rotatable bonds is 6. The highest BCUT2D eigenvalue weighted by molar-refractivity contribution is 7.11. The Labute approximate surface area is 325 Å². The summed E-state index contributed by atoms with van der Waals surface area (Å²) in [6.07, 6.45) is 0. The summed E-state index contributed by atoms with van der Waals surface area (Å²) in [6.45, 7) is 7.22. The van der Waals surface area contributed by atoms with Crippen LogP contribution in [0.15, 0.2) is 194 Å². The fourth-order valence-electron chi connectivity index (χ4n) is 9.04. The number of benzene rings is 8. The predicted octanol–water partition coefficient (Wildman–Crippen LogP) is 12.0. The Bertz CT molecular complexity index is 2600. The molecule has 3 heteroatoms. The molecule has 2 nitrogen and oxygen atoms in total. The van der Waals surface area contributed by atoms with Gasteiger partial charge < -0.3 is 9.64 Å². The van der Waals surface area contributed by atoms with Gasteiger partial charge in [-0.25, -0.2) is 0 Å². The number of anilines is 3. The van der Waals surface area contributed by atoms with Crippen LogP contribution < -0.4 is 25.2 Å². The van der Waals surface area contributed by atoms with Gasteiger partial charge in [-0.3, -0.25) is 0 Å². The zero-order chi connectivity index (χ0) is 37.1. The van der Waals surface area contributed by atoms with Crippen LogP contribution in [0.2, 0.25) is 6.55 Å². The second-order valence-electron chi connectivity index (χ2n) is 15.5. The minimum absolute atomic E-state index is 0.235. The molecular formula is C52H41NOSi. The maximum Gasteiger partial charge on any atom is 0.155 e. The zero-order valence-corrected chi connectivity index (χ0v) is 32.3. The minimum Gasteiger partial charge on any atom is -0.457 e. The molecule has 1 aliphatic carbocycles. The number of hydrogen-bond acceptors (Lipinski definition) is 2. The molecule has 1 atom stereocenters. The molecule has 8 aromatic carbocycles. The lowest BCUT2D eigenvalue weighted by Gasteiger charge is -2.37. The second-order valence-corrected chi connectivity index (χ2v) is 19.4. The van der Waals surface area contributed by atoms with Crippen LogP contribution in [-0.2, 0) is 5.41 Å². The van der Waals surface area contributed by atoms with Gasteiger partial charge in [0.15, 0.2) is 8.07 Å². The molecule has 55 heavy (non-hydrogen) atoms. The monoisotopic (exact) mass is 723 g/mol. The largest absolute Gasteiger partial charge is 0.457 e. The molecule has 0 saturated heterocycles. The minimum atomic E-state index is -2.37. The van der Waals surface area contributed by atoms with Gasteiger partial charge in [0.1, 0.15) is 11.5 Å². The molecule has 1 unspecified atom stereocenters. The average Bonchev–Trinajstić information content (AvgIpc) is 3.48. The van der Waals surface area contributed by atoms with Crippen molar-refractivity contribution in [2.75, 3.05) is 4.90 Å². The van der Waals surface area contributed by atoms with E-state index < -0.39 is 8.07 Å². The van der Waals surface area contributed by atoms with Crippen molar-refractivity contribution in [3.63, 3.8) is 0 Å². The van der Waals surface area contributed by atoms with Crippen LogP contribution in [0, 0.1) is 0 Å². The fourth-order valence-corrected chi connectivity index (χ4v) is 12.9. The Hall–Kier alpha value is -6.42. The van der Waals surface area contributed by atoms with Gasteiger partial charge in [0, 0.05) is 28.0 Å². The summed E-state index contributed by atoms with van der Waals surface area (Å²) < 4.78 is 7.02. The van der Waals surface area contributed by atoms with E-state index in [9.17, 15) is 0 Å². The second kappa shape index (κ2) is 12.9. The van der Waals surface area contributed by atoms with Crippen LogP contribution in [0.1, 0.15) is 25.0 Å². The van der Waals surface area contributed by atoms with Crippen LogP contribution >= 0.6 is 0 Å². The SMILES string of the molecule is CC1(C)c2cc(N(c3ccc(-c4ccccc4)cc3)c3ccc(-c4ccccc4)cc3)ccc2-c2c1ccc1c2Oc2ccccc2[Si]1(C)c1ccccc1. The van der Waals surface area contributed by atoms with E-state index in [1.165, 1.54) is 60.1 Å². The van der Waals surface area contributed by atoms with Gasteiger partial charge in [-0.15, -0.1) is 0 Å². The summed E-state index contributed by atoms with van der Waals surface area (Å²) in [5, 5.41) is 4.06. The van der Waals surface area contributed by atoms with E-state index in [0.29, 0.717) is 0 Å². The molecule has 0 fully saturated rings. The lowest BCUT2D eigenvalue weighted by atomic mass is 9.82. The Morgan fingerprint density at radius 3 is 1.56 bits per heavy atom. The van der Waals surface area contributed by atoms with Crippen LogP contribution in [0.5, 0.6) is 11.5 Å². The van der Waals surface area contributed by atoms with Crippen LogP contribution in [0.4, 0.5) is 17.1 Å². The number of fused-ring (bicyclic) bond motifs is 6. The Morgan fingerprint density at radius 2 is 0.964 bits per heavy atom. The molecule has 1 heterocycles. The Kier molecular flexibility index (Phi) is 7.76. The summed E-state index contributed by atoms with van der Waals surface area (Å²) >= 11 is 0. The fraction of sp³-hybridized carbons (Fsp3) is 0.0769. The van der Waals surface area contributed by atoms with E-state index in [1.54, 1.807) is 0 Å². The van der Waals surface area contributed by atoms with Crippen molar-refractivity contribution in [3.05, 3.63) is 205 Å². The molecule has 0 bridgehead atoms. The van der Waals surface area contributed by atoms with Crippen molar-refractivity contribution in [1.29, 1.82) is 0 Å². The standard InChI is InChI=1S/C52H41NOSi/c1-52(2)45-33-34-49-51(54-47-21-13-14-22-48(47)55(49,3)43-19-11-6-12-20-43)50(45)44-32-31-42(35-46(44)52)53(40-27-23-38(24-28-40)36-15-7-4-8-16-36)41-29-25-39(26-30-41)37-17-9-5-10-18-37/h4-35H,1-3H3. The third-order valence-corrected chi connectivity index (χ3v) is 16.5. The lowest BCUT2D eigenvalue weighted by Crippen LogP contribution is -2.66. The molecule has 2 aliphatic rings. The number of ether oxygens (including phenoxy) is 1. The smallest absolute Gasteiger partial charge is 0.155 e. The van der Waals surface area contributed by atoms with E-state index in [0.717, 1.165) is 28.6 Å². The van der Waals surface area contributed by atoms with Crippen LogP contribution in [0.3, 0.4) is 0 Å². The van der Waals surface area contributed by atoms with Crippen molar-refractivity contribution < 1.29 is 4.74 Å². The Morgan fingerprint density at radius 1 is 0.455 bits per heavy atom. The first-order valence-electron chi connectivity index (χ1n) is 19.2. The molecule has 0 amide bonds. The summed E-state index contributed by atoms with van der Waals surface area (Å²) in [4.78, 5) is 2.39. The highest BCUT2D eigenvalue weighted by Gasteiger charge is 2.46. The molecule has 0 spiro atoms. The average molecular weight is 724 g/mol. The van der Waals surface area contributed by atoms with E-state index in [4.69, 9.17) is 4.74 Å². The van der Waals surface area contributed by atoms with Gasteiger partial charge in [0.2, 0.25) is 0 Å². The summed E-state index contributed by atoms with van der Waals surface area (Å²) in [7, 11) is -2.37. The first-order valence-corrected chi connectivity index (χ1v) is 21.7. The zero-order valence-electron chi connectivity index (χ0n) is 31.3. The molecule has 10 rings (SSSR count). The Balaban J connectivity index is 1.12. The van der Waals surface area contributed by atoms with E-state index in [1.807, 2.05) is 0 Å². The summed E-state index contributed by atoms with van der Waals surface area (Å²) in [5.41, 5.74) is 13.1. The summed E-state index contributed by atoms with van der Waals surface area (Å²) in [6, 6.07) is 70.7. The maximum atomic E-state index is 7.02. The molecule has 0 aromatic heterocycles. The van der Waals surface area contributed by atoms with Gasteiger partial charge in [-0.2, -0.15) is 0 Å². The molecule has 1 aliphatic heterocycles. The van der Waals surface area contributed by atoms with Crippen LogP contribution in [-0.4, -0.2) is 8.07 Å². The quantitative estimate of drug-likeness (QED) is 0.158. The topological polar surface area (TPSA) is 12.5 Å². The van der Waals surface area contributed by atoms with Crippen molar-refractivity contribution >= 4 is 40.7 Å². The highest BCUT2D eigenvalue weighted by Crippen LogP contribution is 2.54. The van der Waals surface area contributed by atoms with Gasteiger partial charge >= 0.3 is 0 Å². The molecule has 264 valence electrons. The number of nitrogens with zero attached hydrogens (tertiary/aromatic N) is 1. The van der Waals surface area contributed by atoms with Crippen molar-refractivity contribution in [1.82, 2.24) is 0 Å². The summed E-state index contributed by atoms with van der Waals surface area (Å²) in [5.74, 6) is 2.01. The lowest BCUT2D eigenvalue weighted by molar-refractivity contribution is 0.487. The molecule has 8 aromatic rings. The highest BCUT2D eigenvalue weighted by atomic mass is 28.3. The molecular weight excluding hydrogens is 683 g/mol. The van der Waals surface area contributed by atoms with Crippen molar-refractivity contribution in [2.24, 2.45) is 0 Å². The third kappa shape index (κ3) is 5.30. The third-order valence-electron chi connectivity index (χ3n) is 12.0. The van der Waals surface area contributed by atoms with Crippen LogP contribution in [0.25, 0.3) is 33.4 Å².